The highest BCUT2D eigenvalue weighted by atomic mass is 32.1. The third-order valence-electron chi connectivity index (χ3n) is 6.01. The first-order valence-corrected chi connectivity index (χ1v) is 15.3. The summed E-state index contributed by atoms with van der Waals surface area (Å²) in [6.07, 6.45) is 3.88. The summed E-state index contributed by atoms with van der Waals surface area (Å²) in [7, 11) is -0.401. The summed E-state index contributed by atoms with van der Waals surface area (Å²) in [5.74, 6) is 0.401. The van der Waals surface area contributed by atoms with Crippen molar-refractivity contribution in [3.63, 3.8) is 0 Å². The van der Waals surface area contributed by atoms with Gasteiger partial charge in [-0.1, -0.05) is 54.6 Å². The second-order valence-corrected chi connectivity index (χ2v) is 12.8. The molecule has 202 valence electrons. The molecule has 0 bridgehead atoms. The standard InChI is InChI=1S/C29H29N8PS2/c1-22(26(35-36-28(39)30-2)27-31-19-12-20-32-27)34-37-29(40)33-21-38(23-13-6-3-7-14-23,24-15-8-4-9-16-24)25-17-10-5-11-18-25/h3-20H,21H2,1-2H3,(H3-,30,31,32,33,34,35,36,37,39,40)/p+1. The van der Waals surface area contributed by atoms with Crippen LogP contribution >= 0.6 is 31.7 Å². The summed E-state index contributed by atoms with van der Waals surface area (Å²) in [5, 5.41) is 19.6. The maximum absolute atomic E-state index is 5.69. The van der Waals surface area contributed by atoms with E-state index < -0.39 is 7.26 Å². The van der Waals surface area contributed by atoms with Crippen molar-refractivity contribution in [3.8, 4) is 0 Å². The van der Waals surface area contributed by atoms with E-state index in [4.69, 9.17) is 24.4 Å². The summed E-state index contributed by atoms with van der Waals surface area (Å²) in [6.45, 7) is 1.80. The number of nitrogens with one attached hydrogen (secondary N) is 4. The van der Waals surface area contributed by atoms with E-state index in [1.54, 1.807) is 32.4 Å². The fraction of sp³-hybridized carbons (Fsp3) is 0.103. The van der Waals surface area contributed by atoms with Crippen LogP contribution in [-0.4, -0.2) is 44.9 Å². The van der Waals surface area contributed by atoms with Gasteiger partial charge in [-0.15, -0.1) is 0 Å². The normalized spacial score (nSPS) is 11.8. The highest BCUT2D eigenvalue weighted by Gasteiger charge is 2.45. The lowest BCUT2D eigenvalue weighted by molar-refractivity contribution is 0.953. The molecule has 0 amide bonds. The summed E-state index contributed by atoms with van der Waals surface area (Å²) in [6, 6.07) is 33.5. The predicted octanol–water partition coefficient (Wildman–Crippen LogP) is 3.07. The van der Waals surface area contributed by atoms with Crippen LogP contribution in [-0.2, 0) is 0 Å². The molecule has 8 nitrogen and oxygen atoms in total. The van der Waals surface area contributed by atoms with E-state index in [9.17, 15) is 0 Å². The minimum atomic E-state index is -2.11. The van der Waals surface area contributed by atoms with Crippen LogP contribution in [0.1, 0.15) is 12.7 Å². The molecule has 0 aliphatic rings. The lowest BCUT2D eigenvalue weighted by atomic mass is 10.2. The number of benzene rings is 3. The molecule has 0 aliphatic heterocycles. The van der Waals surface area contributed by atoms with Crippen LogP contribution in [0.15, 0.2) is 120 Å². The Kier molecular flexibility index (Phi) is 10.3. The second kappa shape index (κ2) is 14.3. The minimum absolute atomic E-state index is 0.356. The molecule has 0 saturated carbocycles. The van der Waals surface area contributed by atoms with Crippen LogP contribution in [0.5, 0.6) is 0 Å². The maximum Gasteiger partial charge on any atom is 0.189 e. The number of rotatable bonds is 9. The first-order chi connectivity index (χ1) is 19.5. The maximum atomic E-state index is 5.69. The molecule has 1 heterocycles. The van der Waals surface area contributed by atoms with Gasteiger partial charge in [0.05, 0.1) is 5.71 Å². The Balaban J connectivity index is 1.61. The molecule has 0 unspecified atom stereocenters. The van der Waals surface area contributed by atoms with Gasteiger partial charge in [0.1, 0.15) is 29.5 Å². The van der Waals surface area contributed by atoms with Crippen molar-refractivity contribution in [1.29, 1.82) is 0 Å². The monoisotopic (exact) mass is 585 g/mol. The van der Waals surface area contributed by atoms with Crippen LogP contribution < -0.4 is 37.4 Å². The molecule has 0 aliphatic carbocycles. The van der Waals surface area contributed by atoms with Gasteiger partial charge in [0.25, 0.3) is 0 Å². The van der Waals surface area contributed by atoms with Crippen molar-refractivity contribution in [2.75, 3.05) is 13.3 Å². The van der Waals surface area contributed by atoms with Crippen molar-refractivity contribution >= 4 is 69.3 Å². The minimum Gasteiger partial charge on any atom is -0.364 e. The van der Waals surface area contributed by atoms with Crippen molar-refractivity contribution in [1.82, 2.24) is 31.5 Å². The molecule has 4 aromatic rings. The molecular formula is C29H30N8PS2+. The number of hydrogen-bond donors (Lipinski definition) is 4. The van der Waals surface area contributed by atoms with E-state index in [0.29, 0.717) is 33.8 Å². The Bertz CT molecular complexity index is 1370. The van der Waals surface area contributed by atoms with Crippen LogP contribution in [0.25, 0.3) is 0 Å². The van der Waals surface area contributed by atoms with Gasteiger partial charge < -0.3 is 10.6 Å². The molecule has 0 spiro atoms. The predicted molar refractivity (Wildman–Crippen MR) is 175 cm³/mol. The van der Waals surface area contributed by atoms with E-state index >= 15 is 0 Å². The molecule has 4 rings (SSSR count). The Morgan fingerprint density at radius 3 is 1.65 bits per heavy atom. The fourth-order valence-corrected chi connectivity index (χ4v) is 8.21. The average Bonchev–Trinajstić information content (AvgIpc) is 3.02. The van der Waals surface area contributed by atoms with E-state index in [-0.39, 0.29) is 0 Å². The second-order valence-electron chi connectivity index (χ2n) is 8.51. The Morgan fingerprint density at radius 1 is 0.700 bits per heavy atom. The van der Waals surface area contributed by atoms with Gasteiger partial charge in [-0.05, 0) is 73.8 Å². The number of hydrogen-bond acceptors (Lipinski definition) is 6. The van der Waals surface area contributed by atoms with Gasteiger partial charge in [-0.3, -0.25) is 10.9 Å². The summed E-state index contributed by atoms with van der Waals surface area (Å²) in [5.41, 5.74) is 6.70. The summed E-state index contributed by atoms with van der Waals surface area (Å²) < 4.78 is 0. The van der Waals surface area contributed by atoms with Gasteiger partial charge in [0.15, 0.2) is 21.8 Å². The highest BCUT2D eigenvalue weighted by Crippen LogP contribution is 2.54. The van der Waals surface area contributed by atoms with Crippen LogP contribution in [0, 0.1) is 0 Å². The smallest absolute Gasteiger partial charge is 0.189 e. The molecule has 40 heavy (non-hydrogen) atoms. The van der Waals surface area contributed by atoms with Crippen LogP contribution in [0.4, 0.5) is 0 Å². The Hall–Kier alpha value is -4.11. The van der Waals surface area contributed by atoms with Crippen molar-refractivity contribution in [2.24, 2.45) is 10.2 Å². The molecule has 3 aromatic carbocycles. The third-order valence-corrected chi connectivity index (χ3v) is 10.7. The Morgan fingerprint density at radius 2 is 1.18 bits per heavy atom. The van der Waals surface area contributed by atoms with Gasteiger partial charge in [0.2, 0.25) is 0 Å². The highest BCUT2D eigenvalue weighted by molar-refractivity contribution is 7.95. The van der Waals surface area contributed by atoms with E-state index in [1.165, 1.54) is 15.9 Å². The first-order valence-electron chi connectivity index (χ1n) is 12.5. The average molecular weight is 586 g/mol. The molecule has 0 atom stereocenters. The molecule has 4 N–H and O–H groups in total. The zero-order valence-electron chi connectivity index (χ0n) is 22.2. The van der Waals surface area contributed by atoms with Gasteiger partial charge in [-0.25, -0.2) is 9.97 Å². The number of nitrogens with zero attached hydrogens (tertiary/aromatic N) is 4. The quantitative estimate of drug-likeness (QED) is 0.103. The SMILES string of the molecule is CNC(=S)NN=C(C(C)=NNC(=S)NC[P+](c1ccccc1)(c1ccccc1)c1ccccc1)c1ncccn1. The van der Waals surface area contributed by atoms with E-state index in [1.807, 2.05) is 18.2 Å². The van der Waals surface area contributed by atoms with E-state index in [0.717, 1.165) is 0 Å². The summed E-state index contributed by atoms with van der Waals surface area (Å²) in [4.78, 5) is 8.60. The molecule has 0 saturated heterocycles. The van der Waals surface area contributed by atoms with E-state index in [2.05, 4.69) is 114 Å². The number of thiocarbonyl (C=S) groups is 2. The largest absolute Gasteiger partial charge is 0.364 e. The fourth-order valence-electron chi connectivity index (χ4n) is 4.06. The molecule has 0 radical (unpaired) electrons. The summed E-state index contributed by atoms with van der Waals surface area (Å²) >= 11 is 10.8. The lowest BCUT2D eigenvalue weighted by Crippen LogP contribution is -2.42. The molecular weight excluding hydrogens is 555 g/mol. The van der Waals surface area contributed by atoms with Gasteiger partial charge >= 0.3 is 0 Å². The molecule has 11 heteroatoms. The zero-order chi connectivity index (χ0) is 28.2. The zero-order valence-corrected chi connectivity index (χ0v) is 24.7. The molecule has 0 fully saturated rings. The van der Waals surface area contributed by atoms with Crippen molar-refractivity contribution < 1.29 is 0 Å². The van der Waals surface area contributed by atoms with Crippen molar-refractivity contribution in [3.05, 3.63) is 115 Å². The topological polar surface area (TPSA) is 98.6 Å². The van der Waals surface area contributed by atoms with Crippen LogP contribution in [0.3, 0.4) is 0 Å². The first kappa shape index (κ1) is 28.9. The lowest BCUT2D eigenvalue weighted by Gasteiger charge is -2.28. The Labute approximate surface area is 245 Å². The van der Waals surface area contributed by atoms with Gasteiger partial charge in [-0.2, -0.15) is 10.2 Å². The number of hydrazone groups is 2. The number of aromatic nitrogens is 2. The van der Waals surface area contributed by atoms with Crippen LogP contribution in [0.2, 0.25) is 0 Å². The van der Waals surface area contributed by atoms with Crippen molar-refractivity contribution in [2.45, 2.75) is 6.92 Å². The van der Waals surface area contributed by atoms with Gasteiger partial charge in [0, 0.05) is 19.4 Å². The molecule has 1 aromatic heterocycles. The third kappa shape index (κ3) is 7.09.